The fourth-order valence-corrected chi connectivity index (χ4v) is 3.78. The van der Waals surface area contributed by atoms with Crippen LogP contribution in [0.4, 0.5) is 11.4 Å². The molecule has 0 spiro atoms. The summed E-state index contributed by atoms with van der Waals surface area (Å²) < 4.78 is 0. The standard InChI is InChI=1S/C18H22N4O3S/c1-14(17-3-2-12-26-17)19-18(23)13-20-8-10-21(11-9-20)15-4-6-16(7-5-15)22(24)25/h2-7,12,14H,8-11,13H2,1H3,(H,19,23)/t14-/m0/s1. The minimum Gasteiger partial charge on any atom is -0.369 e. The molecule has 1 aliphatic heterocycles. The molecule has 1 N–H and O–H groups in total. The SMILES string of the molecule is C[C@H](NC(=O)CN1CCN(c2ccc([N+](=O)[O-])cc2)CC1)c1cccs1. The van der Waals surface area contributed by atoms with E-state index in [1.165, 1.54) is 12.1 Å². The molecule has 1 saturated heterocycles. The van der Waals surface area contributed by atoms with Crippen LogP contribution in [0, 0.1) is 10.1 Å². The first-order chi connectivity index (χ1) is 12.5. The van der Waals surface area contributed by atoms with Crippen LogP contribution in [0.15, 0.2) is 41.8 Å². The summed E-state index contributed by atoms with van der Waals surface area (Å²) in [5.41, 5.74) is 1.08. The van der Waals surface area contributed by atoms with E-state index >= 15 is 0 Å². The Bertz CT molecular complexity index is 740. The Labute approximate surface area is 156 Å². The summed E-state index contributed by atoms with van der Waals surface area (Å²) >= 11 is 1.64. The molecule has 1 aromatic heterocycles. The number of hydrogen-bond acceptors (Lipinski definition) is 6. The molecule has 0 bridgehead atoms. The average molecular weight is 374 g/mol. The van der Waals surface area contributed by atoms with E-state index in [2.05, 4.69) is 15.1 Å². The second-order valence-electron chi connectivity index (χ2n) is 6.34. The van der Waals surface area contributed by atoms with Crippen molar-refractivity contribution in [1.29, 1.82) is 0 Å². The third-order valence-corrected chi connectivity index (χ3v) is 5.57. The van der Waals surface area contributed by atoms with E-state index in [0.717, 1.165) is 36.7 Å². The van der Waals surface area contributed by atoms with E-state index in [4.69, 9.17) is 0 Å². The Balaban J connectivity index is 1.46. The number of thiophene rings is 1. The molecule has 0 unspecified atom stereocenters. The first-order valence-corrected chi connectivity index (χ1v) is 9.45. The van der Waals surface area contributed by atoms with E-state index in [-0.39, 0.29) is 17.6 Å². The number of nitro groups is 1. The Kier molecular flexibility index (Phi) is 5.85. The van der Waals surface area contributed by atoms with Crippen LogP contribution < -0.4 is 10.2 Å². The van der Waals surface area contributed by atoms with Crippen LogP contribution in [-0.2, 0) is 4.79 Å². The summed E-state index contributed by atoms with van der Waals surface area (Å²) in [6.45, 7) is 5.56. The monoisotopic (exact) mass is 374 g/mol. The van der Waals surface area contributed by atoms with Gasteiger partial charge in [0.1, 0.15) is 0 Å². The Hall–Kier alpha value is -2.45. The topological polar surface area (TPSA) is 78.7 Å². The zero-order chi connectivity index (χ0) is 18.5. The molecule has 1 aromatic carbocycles. The predicted octanol–water partition coefficient (Wildman–Crippen LogP) is 2.66. The van der Waals surface area contributed by atoms with Gasteiger partial charge in [0.25, 0.3) is 5.69 Å². The number of carbonyl (C=O) groups is 1. The van der Waals surface area contributed by atoms with Crippen molar-refractivity contribution in [3.05, 3.63) is 56.8 Å². The smallest absolute Gasteiger partial charge is 0.269 e. The Morgan fingerprint density at radius 3 is 2.50 bits per heavy atom. The number of anilines is 1. The largest absolute Gasteiger partial charge is 0.369 e. The van der Waals surface area contributed by atoms with Crippen LogP contribution >= 0.6 is 11.3 Å². The Morgan fingerprint density at radius 1 is 1.23 bits per heavy atom. The van der Waals surface area contributed by atoms with Crippen LogP contribution in [-0.4, -0.2) is 48.5 Å². The quantitative estimate of drug-likeness (QED) is 0.621. The fourth-order valence-electron chi connectivity index (χ4n) is 3.05. The molecule has 1 atom stereocenters. The number of rotatable bonds is 6. The molecule has 2 heterocycles. The first-order valence-electron chi connectivity index (χ1n) is 8.57. The van der Waals surface area contributed by atoms with E-state index < -0.39 is 4.92 Å². The second-order valence-corrected chi connectivity index (χ2v) is 7.32. The minimum atomic E-state index is -0.391. The van der Waals surface area contributed by atoms with Crippen LogP contribution in [0.5, 0.6) is 0 Å². The van der Waals surface area contributed by atoms with Gasteiger partial charge in [-0.3, -0.25) is 19.8 Å². The van der Waals surface area contributed by atoms with Crippen LogP contribution in [0.2, 0.25) is 0 Å². The minimum absolute atomic E-state index is 0.0314. The van der Waals surface area contributed by atoms with Gasteiger partial charge in [-0.15, -0.1) is 11.3 Å². The molecule has 8 heteroatoms. The molecule has 1 fully saturated rings. The van der Waals surface area contributed by atoms with Gasteiger partial charge in [0.2, 0.25) is 5.91 Å². The van der Waals surface area contributed by atoms with Crippen LogP contribution in [0.3, 0.4) is 0 Å². The lowest BCUT2D eigenvalue weighted by Crippen LogP contribution is -2.49. The van der Waals surface area contributed by atoms with Crippen molar-refractivity contribution in [2.75, 3.05) is 37.6 Å². The molecule has 0 saturated carbocycles. The lowest BCUT2D eigenvalue weighted by molar-refractivity contribution is -0.384. The van der Waals surface area contributed by atoms with Gasteiger partial charge in [0, 0.05) is 48.9 Å². The molecule has 3 rings (SSSR count). The molecule has 0 aliphatic carbocycles. The highest BCUT2D eigenvalue weighted by atomic mass is 32.1. The number of piperazine rings is 1. The van der Waals surface area contributed by atoms with Crippen molar-refractivity contribution in [3.8, 4) is 0 Å². The molecule has 26 heavy (non-hydrogen) atoms. The van der Waals surface area contributed by atoms with Crippen molar-refractivity contribution in [2.24, 2.45) is 0 Å². The van der Waals surface area contributed by atoms with Gasteiger partial charge in [-0.1, -0.05) is 6.07 Å². The number of amides is 1. The highest BCUT2D eigenvalue weighted by Gasteiger charge is 2.20. The number of nitro benzene ring substituents is 1. The van der Waals surface area contributed by atoms with Crippen LogP contribution in [0.25, 0.3) is 0 Å². The first kappa shape index (κ1) is 18.3. The molecule has 1 amide bonds. The average Bonchev–Trinajstić information content (AvgIpc) is 3.17. The van der Waals surface area contributed by atoms with Crippen LogP contribution in [0.1, 0.15) is 17.8 Å². The van der Waals surface area contributed by atoms with Crippen molar-refractivity contribution in [3.63, 3.8) is 0 Å². The number of non-ortho nitro benzene ring substituents is 1. The maximum Gasteiger partial charge on any atom is 0.269 e. The van der Waals surface area contributed by atoms with E-state index in [0.29, 0.717) is 6.54 Å². The summed E-state index contributed by atoms with van der Waals surface area (Å²) in [7, 11) is 0. The number of carbonyl (C=O) groups excluding carboxylic acids is 1. The number of hydrogen-bond donors (Lipinski definition) is 1. The summed E-state index contributed by atoms with van der Waals surface area (Å²) in [5.74, 6) is 0.0367. The van der Waals surface area contributed by atoms with Crippen molar-refractivity contribution in [1.82, 2.24) is 10.2 Å². The van der Waals surface area contributed by atoms with Gasteiger partial charge in [-0.05, 0) is 30.5 Å². The van der Waals surface area contributed by atoms with Gasteiger partial charge in [-0.2, -0.15) is 0 Å². The number of benzene rings is 1. The molecule has 1 aliphatic rings. The zero-order valence-electron chi connectivity index (χ0n) is 14.6. The highest BCUT2D eigenvalue weighted by Crippen LogP contribution is 2.21. The molecule has 138 valence electrons. The van der Waals surface area contributed by atoms with E-state index in [9.17, 15) is 14.9 Å². The maximum absolute atomic E-state index is 12.2. The number of nitrogens with zero attached hydrogens (tertiary/aromatic N) is 3. The van der Waals surface area contributed by atoms with Gasteiger partial charge in [-0.25, -0.2) is 0 Å². The summed E-state index contributed by atoms with van der Waals surface area (Å²) in [5, 5.41) is 15.8. The molecule has 0 radical (unpaired) electrons. The summed E-state index contributed by atoms with van der Waals surface area (Å²) in [6, 6.07) is 10.7. The highest BCUT2D eigenvalue weighted by molar-refractivity contribution is 7.10. The third-order valence-electron chi connectivity index (χ3n) is 4.51. The molecular formula is C18H22N4O3S. The zero-order valence-corrected chi connectivity index (χ0v) is 15.4. The molecule has 7 nitrogen and oxygen atoms in total. The second kappa shape index (κ2) is 8.29. The third kappa shape index (κ3) is 4.59. The van der Waals surface area contributed by atoms with Gasteiger partial charge >= 0.3 is 0 Å². The summed E-state index contributed by atoms with van der Waals surface area (Å²) in [4.78, 5) is 28.1. The fraction of sp³-hybridized carbons (Fsp3) is 0.389. The Morgan fingerprint density at radius 2 is 1.92 bits per heavy atom. The van der Waals surface area contributed by atoms with E-state index in [1.54, 1.807) is 23.5 Å². The molecule has 2 aromatic rings. The van der Waals surface area contributed by atoms with Crippen molar-refractivity contribution in [2.45, 2.75) is 13.0 Å². The van der Waals surface area contributed by atoms with Crippen molar-refractivity contribution >= 4 is 28.6 Å². The van der Waals surface area contributed by atoms with E-state index in [1.807, 2.05) is 24.4 Å². The lowest BCUT2D eigenvalue weighted by Gasteiger charge is -2.35. The van der Waals surface area contributed by atoms with Gasteiger partial charge in [0.15, 0.2) is 0 Å². The summed E-state index contributed by atoms with van der Waals surface area (Å²) in [6.07, 6.45) is 0. The maximum atomic E-state index is 12.2. The normalized spacial score (nSPS) is 16.3. The predicted molar refractivity (Wildman–Crippen MR) is 103 cm³/mol. The van der Waals surface area contributed by atoms with Gasteiger partial charge in [0.05, 0.1) is 17.5 Å². The molecular weight excluding hydrogens is 352 g/mol. The lowest BCUT2D eigenvalue weighted by atomic mass is 10.2. The number of nitrogens with one attached hydrogen (secondary N) is 1. The van der Waals surface area contributed by atoms with Gasteiger partial charge < -0.3 is 10.2 Å². The van der Waals surface area contributed by atoms with Crippen molar-refractivity contribution < 1.29 is 9.72 Å².